The van der Waals surface area contributed by atoms with Crippen molar-refractivity contribution in [1.82, 2.24) is 4.90 Å². The summed E-state index contributed by atoms with van der Waals surface area (Å²) >= 11 is 0. The Balaban J connectivity index is 2.51. The molecule has 4 nitrogen and oxygen atoms in total. The van der Waals surface area contributed by atoms with E-state index in [2.05, 4.69) is 4.99 Å². The number of allylic oxidation sites excluding steroid dienone is 3. The van der Waals surface area contributed by atoms with E-state index in [9.17, 15) is 13.3 Å². The highest BCUT2D eigenvalue weighted by Gasteiger charge is 2.59. The van der Waals surface area contributed by atoms with E-state index in [4.69, 9.17) is 5.11 Å². The van der Waals surface area contributed by atoms with Gasteiger partial charge in [0, 0.05) is 18.9 Å². The smallest absolute Gasteiger partial charge is 0.282 e. The molecule has 0 saturated carbocycles. The van der Waals surface area contributed by atoms with Crippen molar-refractivity contribution in [2.45, 2.75) is 37.5 Å². The fourth-order valence-electron chi connectivity index (χ4n) is 2.64. The van der Waals surface area contributed by atoms with Gasteiger partial charge < -0.3 is 14.6 Å². The lowest BCUT2D eigenvalue weighted by molar-refractivity contribution is -0.0202. The number of nitrogens with zero attached hydrogens (tertiary/aromatic N) is 2. The Morgan fingerprint density at radius 1 is 1.48 bits per heavy atom. The number of halogens is 2. The molecule has 118 valence electrons. The predicted octanol–water partition coefficient (Wildman–Crippen LogP) is 3.50. The summed E-state index contributed by atoms with van der Waals surface area (Å²) in [5.74, 6) is -2.89. The van der Waals surface area contributed by atoms with E-state index in [1.54, 1.807) is 17.2 Å². The highest BCUT2D eigenvalue weighted by atomic mass is 32.2. The van der Waals surface area contributed by atoms with Crippen molar-refractivity contribution >= 4 is 15.6 Å². The molecular formula is C14H20F2N2O2S. The van der Waals surface area contributed by atoms with Crippen molar-refractivity contribution in [3.05, 3.63) is 23.9 Å². The van der Waals surface area contributed by atoms with Gasteiger partial charge in [-0.15, -0.1) is 0 Å². The minimum Gasteiger partial charge on any atom is -0.337 e. The Morgan fingerprint density at radius 2 is 2.14 bits per heavy atom. The first-order valence-electron chi connectivity index (χ1n) is 6.64. The Kier molecular flexibility index (Phi) is 4.06. The van der Waals surface area contributed by atoms with Crippen LogP contribution in [0.5, 0.6) is 0 Å². The molecule has 1 heterocycles. The van der Waals surface area contributed by atoms with Crippen LogP contribution >= 0.6 is 9.72 Å². The first-order valence-corrected chi connectivity index (χ1v) is 8.64. The van der Waals surface area contributed by atoms with E-state index in [1.807, 2.05) is 18.2 Å². The monoisotopic (exact) mass is 318 g/mol. The fraction of sp³-hybridized carbons (Fsp3) is 0.571. The SMILES string of the molecule is CC1=NC(C(C)(F)F)(S(C)(O)#CO)CN1C1=CCCC=C1. The van der Waals surface area contributed by atoms with Gasteiger partial charge in [0.15, 0.2) is 0 Å². The lowest BCUT2D eigenvalue weighted by Gasteiger charge is -2.38. The summed E-state index contributed by atoms with van der Waals surface area (Å²) in [6, 6.07) is 0. The van der Waals surface area contributed by atoms with Crippen LogP contribution in [-0.2, 0) is 0 Å². The highest BCUT2D eigenvalue weighted by molar-refractivity contribution is 8.20. The predicted molar refractivity (Wildman–Crippen MR) is 81.6 cm³/mol. The van der Waals surface area contributed by atoms with Crippen LogP contribution in [0.4, 0.5) is 8.78 Å². The van der Waals surface area contributed by atoms with Gasteiger partial charge in [-0.05, 0) is 35.6 Å². The van der Waals surface area contributed by atoms with Crippen LogP contribution < -0.4 is 0 Å². The van der Waals surface area contributed by atoms with Gasteiger partial charge >= 0.3 is 0 Å². The standard InChI is InChI=1S/C14H20F2N2O2S/c1-11-17-14(13(2,15)16,21(3,20)10-19)9-18(11)12-7-5-4-6-8-12/h5,7-8,19-20H,4,6,9H2,1-3H3. The molecule has 2 rings (SSSR count). The van der Waals surface area contributed by atoms with E-state index in [0.29, 0.717) is 5.84 Å². The maximum absolute atomic E-state index is 14.2. The molecule has 0 aromatic heterocycles. The van der Waals surface area contributed by atoms with Gasteiger partial charge in [0.05, 0.1) is 11.9 Å². The Morgan fingerprint density at radius 3 is 2.62 bits per heavy atom. The fourth-order valence-corrected chi connectivity index (χ4v) is 4.18. The number of aliphatic hydroxyl groups is 1. The third-order valence-corrected chi connectivity index (χ3v) is 6.16. The second-order valence-corrected chi connectivity index (χ2v) is 8.10. The molecule has 21 heavy (non-hydrogen) atoms. The number of aliphatic hydroxyl groups excluding tert-OH is 1. The third-order valence-electron chi connectivity index (χ3n) is 3.91. The first kappa shape index (κ1) is 16.2. The minimum atomic E-state index is -3.30. The van der Waals surface area contributed by atoms with Crippen LogP contribution in [0.25, 0.3) is 0 Å². The second kappa shape index (κ2) is 5.25. The number of hydrogen-bond donors (Lipinski definition) is 2. The van der Waals surface area contributed by atoms with Crippen LogP contribution in [0.15, 0.2) is 28.9 Å². The summed E-state index contributed by atoms with van der Waals surface area (Å²) in [6.45, 7) is 2.16. The van der Waals surface area contributed by atoms with E-state index < -0.39 is 20.5 Å². The topological polar surface area (TPSA) is 56.1 Å². The molecule has 7 heteroatoms. The largest absolute Gasteiger partial charge is 0.337 e. The zero-order valence-corrected chi connectivity index (χ0v) is 13.1. The van der Waals surface area contributed by atoms with Gasteiger partial charge in [-0.2, -0.15) is 0 Å². The van der Waals surface area contributed by atoms with E-state index in [0.717, 1.165) is 25.5 Å². The van der Waals surface area contributed by atoms with Crippen molar-refractivity contribution < 1.29 is 18.4 Å². The van der Waals surface area contributed by atoms with Gasteiger partial charge in [0.1, 0.15) is 5.84 Å². The molecule has 0 spiro atoms. The molecule has 2 atom stereocenters. The summed E-state index contributed by atoms with van der Waals surface area (Å²) in [5.41, 5.74) is 0.793. The Bertz CT molecular complexity index is 641. The average molecular weight is 318 g/mol. The summed E-state index contributed by atoms with van der Waals surface area (Å²) in [6.07, 6.45) is 8.73. The second-order valence-electron chi connectivity index (χ2n) is 5.49. The number of hydrogen-bond acceptors (Lipinski definition) is 4. The first-order chi connectivity index (χ1) is 9.64. The quantitative estimate of drug-likeness (QED) is 0.819. The normalized spacial score (nSPS) is 28.8. The van der Waals surface area contributed by atoms with Gasteiger partial charge in [-0.3, -0.25) is 0 Å². The molecule has 0 saturated heterocycles. The molecule has 1 aliphatic heterocycles. The highest BCUT2D eigenvalue weighted by Crippen LogP contribution is 2.54. The molecule has 2 N–H and O–H groups in total. The molecule has 0 aromatic carbocycles. The van der Waals surface area contributed by atoms with Crippen molar-refractivity contribution in [2.24, 2.45) is 4.99 Å². The molecule has 2 aliphatic rings. The van der Waals surface area contributed by atoms with Gasteiger partial charge in [-0.1, -0.05) is 12.2 Å². The molecular weight excluding hydrogens is 298 g/mol. The van der Waals surface area contributed by atoms with E-state index in [-0.39, 0.29) is 6.54 Å². The zero-order valence-electron chi connectivity index (χ0n) is 12.3. The number of aliphatic imine (C=N–C) groups is 1. The van der Waals surface area contributed by atoms with Crippen LogP contribution in [0.3, 0.4) is 0 Å². The number of alkyl halides is 2. The molecule has 0 radical (unpaired) electrons. The zero-order chi connectivity index (χ0) is 15.9. The molecule has 1 aliphatic carbocycles. The van der Waals surface area contributed by atoms with Crippen molar-refractivity contribution in [3.63, 3.8) is 0 Å². The summed E-state index contributed by atoms with van der Waals surface area (Å²) < 4.78 is 38.7. The minimum absolute atomic E-state index is 0.186. The molecule has 0 aromatic rings. The maximum atomic E-state index is 14.2. The Labute approximate surface area is 124 Å². The van der Waals surface area contributed by atoms with E-state index >= 15 is 0 Å². The molecule has 0 amide bonds. The van der Waals surface area contributed by atoms with Crippen molar-refractivity contribution in [2.75, 3.05) is 12.8 Å². The molecule has 0 bridgehead atoms. The summed E-state index contributed by atoms with van der Waals surface area (Å²) in [4.78, 5) is 3.64. The van der Waals surface area contributed by atoms with Crippen LogP contribution in [-0.4, -0.2) is 44.0 Å². The molecule has 0 fully saturated rings. The van der Waals surface area contributed by atoms with Crippen LogP contribution in [0.1, 0.15) is 26.7 Å². The van der Waals surface area contributed by atoms with Crippen LogP contribution in [0, 0.1) is 5.37 Å². The van der Waals surface area contributed by atoms with E-state index in [1.165, 1.54) is 6.26 Å². The average Bonchev–Trinajstić information content (AvgIpc) is 2.79. The number of amidine groups is 1. The number of rotatable bonds is 2. The van der Waals surface area contributed by atoms with Crippen molar-refractivity contribution in [1.29, 1.82) is 0 Å². The Hall–Kier alpha value is -1.14. The summed E-state index contributed by atoms with van der Waals surface area (Å²) in [5, 5.41) is 10.8. The van der Waals surface area contributed by atoms with Crippen LogP contribution in [0.2, 0.25) is 0 Å². The summed E-state index contributed by atoms with van der Waals surface area (Å²) in [7, 11) is -3.25. The van der Waals surface area contributed by atoms with Crippen molar-refractivity contribution in [3.8, 4) is 5.37 Å². The lowest BCUT2D eigenvalue weighted by Crippen LogP contribution is -2.49. The van der Waals surface area contributed by atoms with Gasteiger partial charge in [0.25, 0.3) is 5.92 Å². The van der Waals surface area contributed by atoms with Gasteiger partial charge in [0.2, 0.25) is 4.87 Å². The third kappa shape index (κ3) is 2.55. The van der Waals surface area contributed by atoms with Gasteiger partial charge in [-0.25, -0.2) is 13.8 Å². The lowest BCUT2D eigenvalue weighted by atomic mass is 10.1. The molecule has 2 unspecified atom stereocenters. The maximum Gasteiger partial charge on any atom is 0.282 e.